The molecule has 54 heavy (non-hydrogen) atoms. The van der Waals surface area contributed by atoms with Crippen LogP contribution in [0.3, 0.4) is 0 Å². The van der Waals surface area contributed by atoms with Crippen LogP contribution in [0.2, 0.25) is 19.6 Å². The zero-order valence-electron chi connectivity index (χ0n) is 35.8. The minimum absolute atomic E-state index is 0. The first-order chi connectivity index (χ1) is 27.5. The smallest absolute Gasteiger partial charge is 0.0799 e. The van der Waals surface area contributed by atoms with Gasteiger partial charge in [-0.3, -0.25) is 4.39 Å². The zero-order valence-corrected chi connectivity index (χ0v) is 35.0. The number of pyridine rings is 2. The Balaban J connectivity index is 0.000000195. The van der Waals surface area contributed by atoms with Crippen LogP contribution in [0, 0.1) is 24.8 Å². The summed E-state index contributed by atoms with van der Waals surface area (Å²) in [5.41, 5.74) is 5.14. The van der Waals surface area contributed by atoms with Crippen LogP contribution in [0.1, 0.15) is 48.5 Å². The Bertz CT molecular complexity index is 2730. The third-order valence-electron chi connectivity index (χ3n) is 9.53. The first-order valence-corrected chi connectivity index (χ1v) is 21.9. The number of hydrogen-bond acceptors (Lipinski definition) is 3. The van der Waals surface area contributed by atoms with Crippen LogP contribution in [0.4, 0.5) is 4.39 Å². The maximum absolute atomic E-state index is 15.0. The van der Waals surface area contributed by atoms with Crippen molar-refractivity contribution in [3.05, 3.63) is 186 Å². The molecule has 0 N–H and O–H groups in total. The minimum Gasteiger partial charge on any atom is -0.305 e. The summed E-state index contributed by atoms with van der Waals surface area (Å²) in [6.45, 7) is 8.21. The SMILES string of the molecule is CC(C)(c1ccccc1)c1ccnc(-c2[c-]ccc3c2sc2ccccc23)c1.[2H]C([2H])([2H])c1cc[c-]c(-c2cc(C([2H])([2H])c3ccccc3)c([Si](C)(C)C)cn2)c1F.[Ir]. The maximum Gasteiger partial charge on any atom is 0.0799 e. The number of aryl methyl sites for hydroxylation is 1. The van der Waals surface area contributed by atoms with Crippen LogP contribution in [0.25, 0.3) is 42.7 Å². The molecule has 6 heteroatoms. The zero-order chi connectivity index (χ0) is 41.5. The molecule has 0 saturated heterocycles. The molecule has 0 atom stereocenters. The van der Waals surface area contributed by atoms with Gasteiger partial charge in [-0.05, 0) is 61.9 Å². The van der Waals surface area contributed by atoms with Crippen molar-refractivity contribution in [3.8, 4) is 22.5 Å². The molecule has 0 unspecified atom stereocenters. The first kappa shape index (κ1) is 32.8. The molecule has 8 rings (SSSR count). The van der Waals surface area contributed by atoms with Crippen molar-refractivity contribution in [3.63, 3.8) is 0 Å². The van der Waals surface area contributed by atoms with E-state index in [2.05, 4.69) is 123 Å². The van der Waals surface area contributed by atoms with Crippen LogP contribution < -0.4 is 5.19 Å². The fourth-order valence-electron chi connectivity index (χ4n) is 6.49. The second-order valence-electron chi connectivity index (χ2n) is 14.6. The molecule has 0 aliphatic carbocycles. The number of aromatic nitrogens is 2. The standard InChI is InChI=1S/C26H20NS.C22H23FNSi.Ir/c1-26(2,18-9-4-3-5-10-18)19-15-16-27-23(17-19)22-13-8-12-21-20-11-6-7-14-24(20)28-25(21)22;1-16-9-8-12-19(22(16)23)20-14-18(13-17-10-6-5-7-11-17)21(15-24-20)25(2,3)4;/h3-12,14-17H,1-2H3;5-11,14-15H,13H2,1-4H3;/q2*-1;/i;1D3,13D2;. The quantitative estimate of drug-likeness (QED) is 0.118. The van der Waals surface area contributed by atoms with Gasteiger partial charge < -0.3 is 9.97 Å². The minimum atomic E-state index is -2.60. The van der Waals surface area contributed by atoms with Gasteiger partial charge in [-0.2, -0.15) is 11.3 Å². The molecule has 0 aliphatic rings. The van der Waals surface area contributed by atoms with Gasteiger partial charge in [-0.15, -0.1) is 42.0 Å². The number of thiophene rings is 1. The van der Waals surface area contributed by atoms with Gasteiger partial charge in [0.1, 0.15) is 0 Å². The molecule has 3 heterocycles. The van der Waals surface area contributed by atoms with Crippen LogP contribution in [-0.4, -0.2) is 18.0 Å². The van der Waals surface area contributed by atoms with E-state index in [1.807, 2.05) is 29.7 Å². The Hall–Kier alpha value is -4.58. The van der Waals surface area contributed by atoms with Crippen molar-refractivity contribution in [1.29, 1.82) is 0 Å². The van der Waals surface area contributed by atoms with Gasteiger partial charge in [-0.25, -0.2) is 0 Å². The van der Waals surface area contributed by atoms with Gasteiger partial charge in [0.05, 0.1) is 8.07 Å². The van der Waals surface area contributed by atoms with E-state index >= 15 is 4.39 Å². The molecule has 3 aromatic heterocycles. The van der Waals surface area contributed by atoms with E-state index in [0.717, 1.165) is 16.4 Å². The Morgan fingerprint density at radius 1 is 0.759 bits per heavy atom. The van der Waals surface area contributed by atoms with E-state index in [-0.39, 0.29) is 36.8 Å². The monoisotopic (exact) mass is 924 g/mol. The molecule has 0 bridgehead atoms. The number of hydrogen-bond donors (Lipinski definition) is 0. The summed E-state index contributed by atoms with van der Waals surface area (Å²) >= 11 is 1.82. The summed E-state index contributed by atoms with van der Waals surface area (Å²) in [7, 11) is -2.00. The van der Waals surface area contributed by atoms with Crippen LogP contribution in [0.15, 0.2) is 140 Å². The second kappa shape index (κ2) is 16.4. The van der Waals surface area contributed by atoms with E-state index < -0.39 is 32.7 Å². The Labute approximate surface area is 344 Å². The van der Waals surface area contributed by atoms with Gasteiger partial charge in [0.25, 0.3) is 0 Å². The molecule has 0 saturated carbocycles. The predicted molar refractivity (Wildman–Crippen MR) is 225 cm³/mol. The molecule has 0 aliphatic heterocycles. The number of benzene rings is 5. The van der Waals surface area contributed by atoms with Gasteiger partial charge >= 0.3 is 0 Å². The fraction of sp³-hybridized carbons (Fsp3) is 0.167. The second-order valence-corrected chi connectivity index (χ2v) is 20.6. The van der Waals surface area contributed by atoms with Crippen molar-refractivity contribution in [2.75, 3.05) is 0 Å². The molecule has 8 aromatic rings. The molecule has 2 nitrogen and oxygen atoms in total. The van der Waals surface area contributed by atoms with Gasteiger partial charge in [0.15, 0.2) is 0 Å². The summed E-state index contributed by atoms with van der Waals surface area (Å²) < 4.78 is 57.9. The summed E-state index contributed by atoms with van der Waals surface area (Å²) in [4.78, 5) is 9.09. The first-order valence-electron chi connectivity index (χ1n) is 20.1. The number of fused-ring (bicyclic) bond motifs is 3. The average molecular weight is 924 g/mol. The van der Waals surface area contributed by atoms with Crippen LogP contribution in [0.5, 0.6) is 0 Å². The van der Waals surface area contributed by atoms with E-state index in [9.17, 15) is 0 Å². The molecule has 273 valence electrons. The molecule has 0 amide bonds. The third-order valence-corrected chi connectivity index (χ3v) is 12.7. The van der Waals surface area contributed by atoms with Crippen LogP contribution >= 0.6 is 11.3 Å². The Morgan fingerprint density at radius 3 is 2.17 bits per heavy atom. The molecular formula is C48H43FIrN2SSi-2. The van der Waals surface area contributed by atoms with Crippen molar-refractivity contribution < 1.29 is 31.3 Å². The predicted octanol–water partition coefficient (Wildman–Crippen LogP) is 12.4. The molecule has 1 radical (unpaired) electrons. The molecule has 0 spiro atoms. The Morgan fingerprint density at radius 2 is 1.43 bits per heavy atom. The van der Waals surface area contributed by atoms with Crippen LogP contribution in [-0.2, 0) is 31.9 Å². The number of rotatable bonds is 7. The van der Waals surface area contributed by atoms with Crippen molar-refractivity contribution in [1.82, 2.24) is 9.97 Å². The molecule has 5 aromatic carbocycles. The average Bonchev–Trinajstić information content (AvgIpc) is 3.60. The number of halogens is 1. The van der Waals surface area contributed by atoms with E-state index in [0.29, 0.717) is 11.1 Å². The van der Waals surface area contributed by atoms with E-state index in [1.54, 1.807) is 36.5 Å². The number of nitrogens with zero attached hydrogens (tertiary/aromatic N) is 2. The largest absolute Gasteiger partial charge is 0.305 e. The van der Waals surface area contributed by atoms with Crippen molar-refractivity contribution >= 4 is 44.8 Å². The summed E-state index contributed by atoms with van der Waals surface area (Å²) in [6, 6.07) is 46.9. The molecule has 0 fully saturated rings. The topological polar surface area (TPSA) is 25.8 Å². The summed E-state index contributed by atoms with van der Waals surface area (Å²) in [5.74, 6) is -0.906. The fourth-order valence-corrected chi connectivity index (χ4v) is 9.10. The maximum atomic E-state index is 15.0. The van der Waals surface area contributed by atoms with Crippen molar-refractivity contribution in [2.24, 2.45) is 0 Å². The van der Waals surface area contributed by atoms with Gasteiger partial charge in [0.2, 0.25) is 0 Å². The van der Waals surface area contributed by atoms with Crippen molar-refractivity contribution in [2.45, 2.75) is 52.1 Å². The third kappa shape index (κ3) is 8.23. The Kier molecular flexibility index (Phi) is 9.98. The molecular weight excluding hydrogens is 876 g/mol. The van der Waals surface area contributed by atoms with E-state index in [4.69, 9.17) is 11.8 Å². The van der Waals surface area contributed by atoms with Gasteiger partial charge in [-0.1, -0.05) is 153 Å². The normalized spacial score (nSPS) is 13.4. The van der Waals surface area contributed by atoms with E-state index in [1.165, 1.54) is 43.4 Å². The van der Waals surface area contributed by atoms with Gasteiger partial charge in [0, 0.05) is 55.3 Å². The summed E-state index contributed by atoms with van der Waals surface area (Å²) in [6.07, 6.45) is 1.70. The summed E-state index contributed by atoms with van der Waals surface area (Å²) in [5, 5.41) is 3.41.